The summed E-state index contributed by atoms with van der Waals surface area (Å²) in [4.78, 5) is 0. The molecule has 0 aromatic heterocycles. The summed E-state index contributed by atoms with van der Waals surface area (Å²) in [6, 6.07) is 17.8. The Labute approximate surface area is 129 Å². The van der Waals surface area contributed by atoms with E-state index < -0.39 is 0 Å². The molecule has 0 fully saturated rings. The Morgan fingerprint density at radius 2 is 1.95 bits per heavy atom. The molecule has 0 aliphatic heterocycles. The molecule has 1 aliphatic carbocycles. The number of rotatable bonds is 3. The molecule has 2 aromatic rings. The Morgan fingerprint density at radius 3 is 2.75 bits per heavy atom. The summed E-state index contributed by atoms with van der Waals surface area (Å²) in [5.41, 5.74) is 4.55. The van der Waals surface area contributed by atoms with Crippen molar-refractivity contribution < 1.29 is 0 Å². The number of fused-ring (bicyclic) bond motifs is 1. The van der Waals surface area contributed by atoms with E-state index in [2.05, 4.69) is 83.6 Å². The van der Waals surface area contributed by atoms with Crippen molar-refractivity contribution in [3.63, 3.8) is 0 Å². The van der Waals surface area contributed by atoms with Gasteiger partial charge in [0.2, 0.25) is 0 Å². The first-order chi connectivity index (χ1) is 9.56. The lowest BCUT2D eigenvalue weighted by Gasteiger charge is -2.28. The van der Waals surface area contributed by atoms with Gasteiger partial charge in [-0.1, -0.05) is 66.2 Å². The van der Waals surface area contributed by atoms with Crippen LogP contribution in [0.25, 0.3) is 0 Å². The molecule has 1 unspecified atom stereocenters. The Balaban J connectivity index is 1.80. The third-order valence-electron chi connectivity index (χ3n) is 4.19. The fraction of sp³-hybridized carbons (Fsp3) is 0.333. The molecular formula is C18H20BrN. The van der Waals surface area contributed by atoms with E-state index in [1.165, 1.54) is 16.7 Å². The van der Waals surface area contributed by atoms with Crippen LogP contribution in [0.4, 0.5) is 0 Å². The van der Waals surface area contributed by atoms with Crippen molar-refractivity contribution in [2.45, 2.75) is 32.9 Å². The number of hydrogen-bond donors (Lipinski definition) is 1. The molecule has 0 spiro atoms. The molecule has 2 aromatic carbocycles. The molecule has 0 saturated heterocycles. The van der Waals surface area contributed by atoms with Gasteiger partial charge in [-0.3, -0.25) is 0 Å². The van der Waals surface area contributed by atoms with Crippen LogP contribution in [0.15, 0.2) is 53.0 Å². The molecule has 1 atom stereocenters. The molecule has 1 nitrogen and oxygen atoms in total. The zero-order valence-electron chi connectivity index (χ0n) is 12.0. The van der Waals surface area contributed by atoms with Gasteiger partial charge in [-0.25, -0.2) is 0 Å². The van der Waals surface area contributed by atoms with E-state index in [1.54, 1.807) is 0 Å². The van der Waals surface area contributed by atoms with Gasteiger partial charge in [-0.2, -0.15) is 0 Å². The molecule has 0 heterocycles. The molecule has 1 aliphatic rings. The fourth-order valence-electron chi connectivity index (χ4n) is 3.24. The lowest BCUT2D eigenvalue weighted by molar-refractivity contribution is 0.268. The van der Waals surface area contributed by atoms with Crippen LogP contribution >= 0.6 is 15.9 Å². The SMILES string of the molecule is CC1(C)Cc2ccccc2C1NCc1cccc(Br)c1. The van der Waals surface area contributed by atoms with E-state index in [-0.39, 0.29) is 5.41 Å². The van der Waals surface area contributed by atoms with Crippen LogP contribution in [-0.4, -0.2) is 0 Å². The summed E-state index contributed by atoms with van der Waals surface area (Å²) in [5.74, 6) is 0. The minimum atomic E-state index is 0.274. The fourth-order valence-corrected chi connectivity index (χ4v) is 3.69. The zero-order chi connectivity index (χ0) is 14.2. The monoisotopic (exact) mass is 329 g/mol. The number of hydrogen-bond acceptors (Lipinski definition) is 1. The molecule has 0 amide bonds. The highest BCUT2D eigenvalue weighted by Gasteiger charge is 2.38. The van der Waals surface area contributed by atoms with Gasteiger partial charge in [0.25, 0.3) is 0 Å². The third kappa shape index (κ3) is 2.68. The molecule has 0 radical (unpaired) electrons. The first-order valence-corrected chi connectivity index (χ1v) is 7.91. The minimum absolute atomic E-state index is 0.274. The number of benzene rings is 2. The molecule has 3 rings (SSSR count). The molecule has 20 heavy (non-hydrogen) atoms. The van der Waals surface area contributed by atoms with Crippen molar-refractivity contribution in [3.8, 4) is 0 Å². The van der Waals surface area contributed by atoms with Crippen molar-refractivity contribution in [1.29, 1.82) is 0 Å². The van der Waals surface area contributed by atoms with Crippen molar-refractivity contribution >= 4 is 15.9 Å². The van der Waals surface area contributed by atoms with Crippen molar-refractivity contribution in [1.82, 2.24) is 5.32 Å². The highest BCUT2D eigenvalue weighted by Crippen LogP contribution is 2.45. The maximum Gasteiger partial charge on any atom is 0.0380 e. The van der Waals surface area contributed by atoms with E-state index >= 15 is 0 Å². The summed E-state index contributed by atoms with van der Waals surface area (Å²) in [6.45, 7) is 5.61. The lowest BCUT2D eigenvalue weighted by Crippen LogP contribution is -2.30. The van der Waals surface area contributed by atoms with E-state index in [9.17, 15) is 0 Å². The van der Waals surface area contributed by atoms with Gasteiger partial charge < -0.3 is 5.32 Å². The van der Waals surface area contributed by atoms with Crippen molar-refractivity contribution in [2.24, 2.45) is 5.41 Å². The Hall–Kier alpha value is -1.12. The molecule has 2 heteroatoms. The predicted molar refractivity (Wildman–Crippen MR) is 87.6 cm³/mol. The van der Waals surface area contributed by atoms with E-state index in [1.807, 2.05) is 0 Å². The Kier molecular flexibility index (Phi) is 3.70. The first kappa shape index (κ1) is 13.8. The normalized spacial score (nSPS) is 19.9. The third-order valence-corrected chi connectivity index (χ3v) is 4.69. The summed E-state index contributed by atoms with van der Waals surface area (Å²) in [6.07, 6.45) is 1.15. The average molecular weight is 330 g/mol. The average Bonchev–Trinajstić information content (AvgIpc) is 2.66. The summed E-state index contributed by atoms with van der Waals surface area (Å²) in [7, 11) is 0. The maximum absolute atomic E-state index is 3.75. The standard InChI is InChI=1S/C18H20BrN/c1-18(2)11-14-7-3-4-9-16(14)17(18)20-12-13-6-5-8-15(19)10-13/h3-10,17,20H,11-12H2,1-2H3. The summed E-state index contributed by atoms with van der Waals surface area (Å²) < 4.78 is 1.14. The van der Waals surface area contributed by atoms with E-state index in [0.717, 1.165) is 17.4 Å². The summed E-state index contributed by atoms with van der Waals surface area (Å²) in [5, 5.41) is 3.75. The van der Waals surface area contributed by atoms with Crippen molar-refractivity contribution in [3.05, 3.63) is 69.7 Å². The van der Waals surface area contributed by atoms with Crippen LogP contribution in [0, 0.1) is 5.41 Å². The Morgan fingerprint density at radius 1 is 1.15 bits per heavy atom. The molecule has 1 N–H and O–H groups in total. The molecule has 0 saturated carbocycles. The second-order valence-electron chi connectivity index (χ2n) is 6.31. The second kappa shape index (κ2) is 5.34. The quantitative estimate of drug-likeness (QED) is 0.847. The Bertz CT molecular complexity index is 618. The van der Waals surface area contributed by atoms with Gasteiger partial charge in [-0.05, 0) is 40.7 Å². The maximum atomic E-state index is 3.75. The van der Waals surface area contributed by atoms with Gasteiger partial charge >= 0.3 is 0 Å². The second-order valence-corrected chi connectivity index (χ2v) is 7.22. The molecule has 0 bridgehead atoms. The topological polar surface area (TPSA) is 12.0 Å². The molecular weight excluding hydrogens is 310 g/mol. The highest BCUT2D eigenvalue weighted by atomic mass is 79.9. The molecule has 104 valence electrons. The number of halogens is 1. The van der Waals surface area contributed by atoms with Crippen LogP contribution in [0.5, 0.6) is 0 Å². The van der Waals surface area contributed by atoms with E-state index in [4.69, 9.17) is 0 Å². The zero-order valence-corrected chi connectivity index (χ0v) is 13.6. The van der Waals surface area contributed by atoms with Gasteiger partial charge in [0.15, 0.2) is 0 Å². The van der Waals surface area contributed by atoms with Gasteiger partial charge in [0.1, 0.15) is 0 Å². The summed E-state index contributed by atoms with van der Waals surface area (Å²) >= 11 is 3.54. The van der Waals surface area contributed by atoms with Crippen LogP contribution in [0.2, 0.25) is 0 Å². The number of nitrogens with one attached hydrogen (secondary N) is 1. The minimum Gasteiger partial charge on any atom is -0.305 e. The van der Waals surface area contributed by atoms with Crippen LogP contribution in [-0.2, 0) is 13.0 Å². The van der Waals surface area contributed by atoms with Crippen LogP contribution < -0.4 is 5.32 Å². The largest absolute Gasteiger partial charge is 0.305 e. The predicted octanol–water partition coefficient (Wildman–Crippen LogP) is 4.86. The highest BCUT2D eigenvalue weighted by molar-refractivity contribution is 9.10. The van der Waals surface area contributed by atoms with Crippen LogP contribution in [0.3, 0.4) is 0 Å². The van der Waals surface area contributed by atoms with E-state index in [0.29, 0.717) is 6.04 Å². The van der Waals surface area contributed by atoms with Gasteiger partial charge in [0, 0.05) is 17.1 Å². The van der Waals surface area contributed by atoms with Gasteiger partial charge in [0.05, 0.1) is 0 Å². The van der Waals surface area contributed by atoms with Gasteiger partial charge in [-0.15, -0.1) is 0 Å². The van der Waals surface area contributed by atoms with Crippen molar-refractivity contribution in [2.75, 3.05) is 0 Å². The first-order valence-electron chi connectivity index (χ1n) is 7.12. The lowest BCUT2D eigenvalue weighted by atomic mass is 9.85. The smallest absolute Gasteiger partial charge is 0.0380 e. The van der Waals surface area contributed by atoms with Crippen LogP contribution in [0.1, 0.15) is 36.6 Å².